The van der Waals surface area contributed by atoms with Crippen molar-refractivity contribution in [1.82, 2.24) is 0 Å². The molecule has 34 heavy (non-hydrogen) atoms. The van der Waals surface area contributed by atoms with Gasteiger partial charge >= 0.3 is 5.97 Å². The minimum Gasteiger partial charge on any atom is -0.494 e. The molecule has 1 atom stereocenters. The highest BCUT2D eigenvalue weighted by Gasteiger charge is 2.09. The Balaban J connectivity index is 1.68. The molecule has 0 spiro atoms. The summed E-state index contributed by atoms with van der Waals surface area (Å²) >= 11 is 0. The number of benzene rings is 2. The van der Waals surface area contributed by atoms with Gasteiger partial charge in [-0.3, -0.25) is 0 Å². The molecule has 2 aromatic rings. The Bertz CT molecular complexity index is 824. The van der Waals surface area contributed by atoms with E-state index in [4.69, 9.17) is 14.2 Å². The van der Waals surface area contributed by atoms with Gasteiger partial charge in [0, 0.05) is 0 Å². The van der Waals surface area contributed by atoms with Crippen LogP contribution in [0, 0.1) is 5.92 Å². The van der Waals surface area contributed by atoms with Crippen molar-refractivity contribution in [3.05, 3.63) is 66.4 Å². The van der Waals surface area contributed by atoms with Crippen molar-refractivity contribution in [3.63, 3.8) is 0 Å². The first-order valence-electron chi connectivity index (χ1n) is 13.0. The zero-order chi connectivity index (χ0) is 24.4. The molecule has 1 unspecified atom stereocenters. The molecule has 186 valence electrons. The van der Waals surface area contributed by atoms with E-state index >= 15 is 0 Å². The molecule has 4 nitrogen and oxygen atoms in total. The maximum absolute atomic E-state index is 12.4. The Morgan fingerprint density at radius 2 is 1.50 bits per heavy atom. The highest BCUT2D eigenvalue weighted by molar-refractivity contribution is 5.91. The fourth-order valence-corrected chi connectivity index (χ4v) is 3.49. The van der Waals surface area contributed by atoms with E-state index in [1.165, 1.54) is 51.4 Å². The van der Waals surface area contributed by atoms with E-state index in [0.717, 1.165) is 24.5 Å². The van der Waals surface area contributed by atoms with Gasteiger partial charge in [-0.05, 0) is 79.8 Å². The van der Waals surface area contributed by atoms with Gasteiger partial charge in [0.05, 0.1) is 18.4 Å². The van der Waals surface area contributed by atoms with Crippen LogP contribution in [0.5, 0.6) is 17.2 Å². The zero-order valence-electron chi connectivity index (χ0n) is 21.3. The second kappa shape index (κ2) is 16.8. The molecule has 0 bridgehead atoms. The molecule has 0 amide bonds. The Kier molecular flexibility index (Phi) is 13.6. The van der Waals surface area contributed by atoms with Crippen molar-refractivity contribution < 1.29 is 19.0 Å². The van der Waals surface area contributed by atoms with Gasteiger partial charge in [0.15, 0.2) is 0 Å². The molecule has 0 saturated carbocycles. The van der Waals surface area contributed by atoms with Gasteiger partial charge in [0.1, 0.15) is 17.2 Å². The average molecular weight is 467 g/mol. The minimum absolute atomic E-state index is 0.395. The number of hydrogen-bond donors (Lipinski definition) is 0. The number of unbranched alkanes of at least 4 members (excludes halogenated alkanes) is 6. The van der Waals surface area contributed by atoms with Gasteiger partial charge in [0.2, 0.25) is 0 Å². The van der Waals surface area contributed by atoms with Crippen molar-refractivity contribution in [3.8, 4) is 17.2 Å². The summed E-state index contributed by atoms with van der Waals surface area (Å²) in [6.45, 7) is 7.48. The third-order valence-electron chi connectivity index (χ3n) is 5.96. The topological polar surface area (TPSA) is 44.8 Å². The van der Waals surface area contributed by atoms with Crippen LogP contribution in [0.1, 0.15) is 95.3 Å². The van der Waals surface area contributed by atoms with Crippen LogP contribution in [0.4, 0.5) is 0 Å². The maximum atomic E-state index is 12.4. The summed E-state index contributed by atoms with van der Waals surface area (Å²) in [7, 11) is 0. The average Bonchev–Trinajstić information content (AvgIpc) is 2.86. The van der Waals surface area contributed by atoms with Crippen LogP contribution in [0.25, 0.3) is 0 Å². The summed E-state index contributed by atoms with van der Waals surface area (Å²) < 4.78 is 16.9. The molecule has 0 aliphatic carbocycles. The molecule has 4 heteroatoms. The summed E-state index contributed by atoms with van der Waals surface area (Å²) in [6.07, 6.45) is 15.8. The predicted octanol–water partition coefficient (Wildman–Crippen LogP) is 8.75. The highest BCUT2D eigenvalue weighted by Crippen LogP contribution is 2.20. The number of allylic oxidation sites excluding steroid dienone is 1. The SMILES string of the molecule is CCCCCCC=COc1ccc(C(=O)Oc2ccc(OCCCCCC(C)CC)cc2)cc1. The minimum atomic E-state index is -0.395. The predicted molar refractivity (Wildman–Crippen MR) is 140 cm³/mol. The number of carbonyl (C=O) groups is 1. The number of hydrogen-bond acceptors (Lipinski definition) is 4. The maximum Gasteiger partial charge on any atom is 0.343 e. The normalized spacial score (nSPS) is 12.0. The van der Waals surface area contributed by atoms with Gasteiger partial charge in [-0.25, -0.2) is 4.79 Å². The first-order chi connectivity index (χ1) is 16.6. The summed E-state index contributed by atoms with van der Waals surface area (Å²) in [6, 6.07) is 14.2. The summed E-state index contributed by atoms with van der Waals surface area (Å²) in [4.78, 5) is 12.4. The van der Waals surface area contributed by atoms with Gasteiger partial charge in [-0.1, -0.05) is 65.7 Å². The van der Waals surface area contributed by atoms with E-state index < -0.39 is 5.97 Å². The highest BCUT2D eigenvalue weighted by atomic mass is 16.5. The van der Waals surface area contributed by atoms with Crippen molar-refractivity contribution in [1.29, 1.82) is 0 Å². The third-order valence-corrected chi connectivity index (χ3v) is 5.96. The summed E-state index contributed by atoms with van der Waals surface area (Å²) in [5.74, 6) is 2.41. The Labute approximate surface area is 206 Å². The second-order valence-electron chi connectivity index (χ2n) is 8.94. The van der Waals surface area contributed by atoms with E-state index in [1.807, 2.05) is 18.2 Å². The molecular formula is C30H42O4. The van der Waals surface area contributed by atoms with Crippen molar-refractivity contribution in [2.45, 2.75) is 85.0 Å². The standard InChI is InChI=1S/C30H42O4/c1-4-6-7-8-9-12-23-32-27-17-15-26(16-18-27)30(31)34-29-21-19-28(20-22-29)33-24-13-10-11-14-25(3)5-2/h12,15-23,25H,4-11,13-14,24H2,1-3H3. The molecule has 0 aromatic heterocycles. The number of ether oxygens (including phenoxy) is 3. The molecule has 0 fully saturated rings. The smallest absolute Gasteiger partial charge is 0.343 e. The van der Waals surface area contributed by atoms with Crippen molar-refractivity contribution in [2.75, 3.05) is 6.61 Å². The van der Waals surface area contributed by atoms with Crippen molar-refractivity contribution in [2.24, 2.45) is 5.92 Å². The largest absolute Gasteiger partial charge is 0.494 e. The number of carbonyl (C=O) groups excluding carboxylic acids is 1. The first kappa shape index (κ1) is 27.5. The lowest BCUT2D eigenvalue weighted by atomic mass is 10.0. The van der Waals surface area contributed by atoms with E-state index in [2.05, 4.69) is 20.8 Å². The van der Waals surface area contributed by atoms with E-state index in [-0.39, 0.29) is 0 Å². The van der Waals surface area contributed by atoms with Crippen LogP contribution in [-0.4, -0.2) is 12.6 Å². The Hall–Kier alpha value is -2.75. The Morgan fingerprint density at radius 3 is 2.21 bits per heavy atom. The summed E-state index contributed by atoms with van der Waals surface area (Å²) in [5.41, 5.74) is 0.480. The van der Waals surface area contributed by atoms with Crippen molar-refractivity contribution >= 4 is 5.97 Å². The number of esters is 1. The van der Waals surface area contributed by atoms with E-state index in [1.54, 1.807) is 42.7 Å². The molecule has 0 N–H and O–H groups in total. The molecular weight excluding hydrogens is 424 g/mol. The third kappa shape index (κ3) is 11.4. The fraction of sp³-hybridized carbons (Fsp3) is 0.500. The lowest BCUT2D eigenvalue weighted by Crippen LogP contribution is -2.08. The Morgan fingerprint density at radius 1 is 0.824 bits per heavy atom. The second-order valence-corrected chi connectivity index (χ2v) is 8.94. The van der Waals surface area contributed by atoms with Gasteiger partial charge in [-0.2, -0.15) is 0 Å². The van der Waals surface area contributed by atoms with Gasteiger partial charge in [0.25, 0.3) is 0 Å². The molecule has 0 aliphatic rings. The van der Waals surface area contributed by atoms with Crippen LogP contribution in [0.3, 0.4) is 0 Å². The van der Waals surface area contributed by atoms with E-state index in [0.29, 0.717) is 23.7 Å². The fourth-order valence-electron chi connectivity index (χ4n) is 3.49. The lowest BCUT2D eigenvalue weighted by molar-refractivity contribution is 0.0734. The summed E-state index contributed by atoms with van der Waals surface area (Å²) in [5, 5.41) is 0. The van der Waals surface area contributed by atoms with Gasteiger partial charge < -0.3 is 14.2 Å². The quantitative estimate of drug-likeness (QED) is 0.101. The molecule has 2 rings (SSSR count). The lowest BCUT2D eigenvalue weighted by Gasteiger charge is -2.09. The molecule has 0 saturated heterocycles. The molecule has 0 radical (unpaired) electrons. The van der Waals surface area contributed by atoms with Crippen LogP contribution in [-0.2, 0) is 0 Å². The monoisotopic (exact) mass is 466 g/mol. The first-order valence-corrected chi connectivity index (χ1v) is 13.0. The van der Waals surface area contributed by atoms with Crippen LogP contribution >= 0.6 is 0 Å². The van der Waals surface area contributed by atoms with Crippen LogP contribution < -0.4 is 14.2 Å². The van der Waals surface area contributed by atoms with Crippen LogP contribution in [0.2, 0.25) is 0 Å². The molecule has 0 heterocycles. The van der Waals surface area contributed by atoms with Crippen LogP contribution in [0.15, 0.2) is 60.9 Å². The van der Waals surface area contributed by atoms with E-state index in [9.17, 15) is 4.79 Å². The number of rotatable bonds is 17. The molecule has 2 aromatic carbocycles. The molecule has 0 aliphatic heterocycles. The zero-order valence-corrected chi connectivity index (χ0v) is 21.3. The van der Waals surface area contributed by atoms with Gasteiger partial charge in [-0.15, -0.1) is 0 Å².